The van der Waals surface area contributed by atoms with Crippen molar-refractivity contribution in [1.29, 1.82) is 0 Å². The number of hydrogen-bond donors (Lipinski definition) is 2. The summed E-state index contributed by atoms with van der Waals surface area (Å²) < 4.78 is 11.5. The van der Waals surface area contributed by atoms with Crippen LogP contribution in [0.25, 0.3) is 11.5 Å². The fourth-order valence-corrected chi connectivity index (χ4v) is 2.72. The van der Waals surface area contributed by atoms with Gasteiger partial charge in [0.25, 0.3) is 5.22 Å². The fraction of sp³-hybridized carbons (Fsp3) is 0.125. The fourth-order valence-electron chi connectivity index (χ4n) is 1.89. The first-order chi connectivity index (χ1) is 12.6. The van der Waals surface area contributed by atoms with Crippen LogP contribution in [0, 0.1) is 0 Å². The number of benzene rings is 1. The van der Waals surface area contributed by atoms with Crippen LogP contribution >= 0.6 is 27.7 Å². The van der Waals surface area contributed by atoms with Gasteiger partial charge in [0.1, 0.15) is 5.76 Å². The zero-order chi connectivity index (χ0) is 18.4. The highest BCUT2D eigenvalue weighted by Crippen LogP contribution is 2.24. The Morgan fingerprint density at radius 1 is 1.15 bits per heavy atom. The Morgan fingerprint density at radius 2 is 1.96 bits per heavy atom. The molecule has 0 saturated carbocycles. The maximum absolute atomic E-state index is 11.8. The molecule has 3 amide bonds. The highest BCUT2D eigenvalue weighted by molar-refractivity contribution is 9.10. The highest BCUT2D eigenvalue weighted by Gasteiger charge is 2.13. The Labute approximate surface area is 160 Å². The first-order valence-electron chi connectivity index (χ1n) is 7.42. The molecule has 3 aromatic rings. The molecule has 10 heteroatoms. The van der Waals surface area contributed by atoms with E-state index in [1.165, 1.54) is 6.26 Å². The van der Waals surface area contributed by atoms with Crippen molar-refractivity contribution in [3.05, 3.63) is 52.9 Å². The standard InChI is InChI=1S/C16H13BrN4O4S/c17-11-5-3-10(4-6-11)14-20-21-16(25-14)26-9-13(22)19-15(23)18-8-12-2-1-7-24-12/h1-7H,8-9H2,(H2,18,19,22,23). The van der Waals surface area contributed by atoms with Crippen LogP contribution in [0.1, 0.15) is 5.76 Å². The second kappa shape index (κ2) is 8.68. The van der Waals surface area contributed by atoms with E-state index in [1.54, 1.807) is 12.1 Å². The zero-order valence-electron chi connectivity index (χ0n) is 13.3. The summed E-state index contributed by atoms with van der Waals surface area (Å²) in [5, 5.41) is 12.8. The van der Waals surface area contributed by atoms with Gasteiger partial charge in [-0.3, -0.25) is 10.1 Å². The summed E-state index contributed by atoms with van der Waals surface area (Å²) in [5.41, 5.74) is 0.773. The molecule has 0 aliphatic rings. The van der Waals surface area contributed by atoms with Crippen LogP contribution < -0.4 is 10.6 Å². The number of carbonyl (C=O) groups is 2. The van der Waals surface area contributed by atoms with Crippen LogP contribution in [0.5, 0.6) is 0 Å². The maximum Gasteiger partial charge on any atom is 0.321 e. The lowest BCUT2D eigenvalue weighted by atomic mass is 10.2. The average molecular weight is 437 g/mol. The molecule has 0 radical (unpaired) electrons. The molecule has 8 nitrogen and oxygen atoms in total. The second-order valence-corrected chi connectivity index (χ2v) is 6.82. The molecular formula is C16H13BrN4O4S. The molecule has 0 spiro atoms. The van der Waals surface area contributed by atoms with Gasteiger partial charge in [-0.25, -0.2) is 4.79 Å². The van der Waals surface area contributed by atoms with Crippen molar-refractivity contribution >= 4 is 39.6 Å². The van der Waals surface area contributed by atoms with E-state index in [2.05, 4.69) is 36.8 Å². The normalized spacial score (nSPS) is 10.5. The second-order valence-electron chi connectivity index (χ2n) is 4.98. The van der Waals surface area contributed by atoms with E-state index in [4.69, 9.17) is 8.83 Å². The van der Waals surface area contributed by atoms with Crippen LogP contribution in [0.3, 0.4) is 0 Å². The van der Waals surface area contributed by atoms with Gasteiger partial charge in [-0.2, -0.15) is 0 Å². The molecule has 0 unspecified atom stereocenters. The Hall–Kier alpha value is -2.59. The van der Waals surface area contributed by atoms with E-state index < -0.39 is 11.9 Å². The number of amides is 3. The number of nitrogens with zero attached hydrogens (tertiary/aromatic N) is 2. The Bertz CT molecular complexity index is 880. The summed E-state index contributed by atoms with van der Waals surface area (Å²) in [5.74, 6) is 0.441. The predicted octanol–water partition coefficient (Wildman–Crippen LogP) is 3.21. The molecular weight excluding hydrogens is 424 g/mol. The van der Waals surface area contributed by atoms with E-state index in [0.717, 1.165) is 21.8 Å². The third kappa shape index (κ3) is 5.20. The van der Waals surface area contributed by atoms with Gasteiger partial charge < -0.3 is 14.2 Å². The SMILES string of the molecule is O=C(CSc1nnc(-c2ccc(Br)cc2)o1)NC(=O)NCc1ccco1. The molecule has 3 rings (SSSR count). The van der Waals surface area contributed by atoms with Gasteiger partial charge in [-0.1, -0.05) is 27.7 Å². The van der Waals surface area contributed by atoms with Gasteiger partial charge in [-0.15, -0.1) is 10.2 Å². The predicted molar refractivity (Wildman–Crippen MR) is 97.2 cm³/mol. The van der Waals surface area contributed by atoms with Crippen LogP contribution in [0.2, 0.25) is 0 Å². The number of hydrogen-bond acceptors (Lipinski definition) is 7. The summed E-state index contributed by atoms with van der Waals surface area (Å²) in [6.45, 7) is 0.194. The molecule has 0 bridgehead atoms. The Morgan fingerprint density at radius 3 is 2.69 bits per heavy atom. The number of thioether (sulfide) groups is 1. The van der Waals surface area contributed by atoms with E-state index in [0.29, 0.717) is 11.7 Å². The van der Waals surface area contributed by atoms with Crippen LogP contribution in [-0.2, 0) is 11.3 Å². The van der Waals surface area contributed by atoms with E-state index in [9.17, 15) is 9.59 Å². The van der Waals surface area contributed by atoms with Crippen molar-refractivity contribution in [2.45, 2.75) is 11.8 Å². The Kier molecular flexibility index (Phi) is 6.08. The van der Waals surface area contributed by atoms with E-state index in [1.807, 2.05) is 24.3 Å². The largest absolute Gasteiger partial charge is 0.467 e. The van der Waals surface area contributed by atoms with Crippen molar-refractivity contribution in [1.82, 2.24) is 20.8 Å². The molecule has 0 aliphatic carbocycles. The van der Waals surface area contributed by atoms with E-state index >= 15 is 0 Å². The van der Waals surface area contributed by atoms with Gasteiger partial charge in [0.2, 0.25) is 11.8 Å². The number of nitrogens with one attached hydrogen (secondary N) is 2. The van der Waals surface area contributed by atoms with Crippen molar-refractivity contribution in [2.24, 2.45) is 0 Å². The Balaban J connectivity index is 1.44. The third-order valence-corrected chi connectivity index (χ3v) is 4.43. The van der Waals surface area contributed by atoms with Gasteiger partial charge in [0.15, 0.2) is 0 Å². The molecule has 134 valence electrons. The lowest BCUT2D eigenvalue weighted by molar-refractivity contribution is -0.117. The van der Waals surface area contributed by atoms with Gasteiger partial charge in [0, 0.05) is 10.0 Å². The molecule has 2 N–H and O–H groups in total. The summed E-state index contributed by atoms with van der Waals surface area (Å²) >= 11 is 4.40. The average Bonchev–Trinajstić information content (AvgIpc) is 3.31. The number of halogens is 1. The van der Waals surface area contributed by atoms with Gasteiger partial charge >= 0.3 is 6.03 Å². The van der Waals surface area contributed by atoms with Gasteiger partial charge in [-0.05, 0) is 36.4 Å². The monoisotopic (exact) mass is 436 g/mol. The van der Waals surface area contributed by atoms with E-state index in [-0.39, 0.29) is 17.5 Å². The summed E-state index contributed by atoms with van der Waals surface area (Å²) in [6, 6.07) is 10.2. The van der Waals surface area contributed by atoms with Crippen molar-refractivity contribution in [3.8, 4) is 11.5 Å². The molecule has 0 aliphatic heterocycles. The minimum atomic E-state index is -0.604. The molecule has 1 aromatic carbocycles. The number of carbonyl (C=O) groups excluding carboxylic acids is 2. The smallest absolute Gasteiger partial charge is 0.321 e. The number of furan rings is 1. The zero-order valence-corrected chi connectivity index (χ0v) is 15.7. The van der Waals surface area contributed by atoms with Crippen LogP contribution in [-0.4, -0.2) is 27.9 Å². The lowest BCUT2D eigenvalue weighted by Crippen LogP contribution is -2.39. The van der Waals surface area contributed by atoms with Crippen molar-refractivity contribution < 1.29 is 18.4 Å². The first kappa shape index (κ1) is 18.2. The lowest BCUT2D eigenvalue weighted by Gasteiger charge is -2.04. The molecule has 0 atom stereocenters. The van der Waals surface area contributed by atoms with Crippen molar-refractivity contribution in [3.63, 3.8) is 0 Å². The molecule has 2 heterocycles. The quantitative estimate of drug-likeness (QED) is 0.570. The molecule has 0 fully saturated rings. The van der Waals surface area contributed by atoms with Crippen LogP contribution in [0.4, 0.5) is 4.79 Å². The minimum absolute atomic E-state index is 0.0316. The maximum atomic E-state index is 11.8. The molecule has 26 heavy (non-hydrogen) atoms. The summed E-state index contributed by atoms with van der Waals surface area (Å²) in [6.07, 6.45) is 1.50. The van der Waals surface area contributed by atoms with Crippen LogP contribution in [0.15, 0.2) is 61.2 Å². The topological polar surface area (TPSA) is 110 Å². The molecule has 2 aromatic heterocycles. The molecule has 0 saturated heterocycles. The summed E-state index contributed by atoms with van der Waals surface area (Å²) in [7, 11) is 0. The summed E-state index contributed by atoms with van der Waals surface area (Å²) in [4.78, 5) is 23.4. The third-order valence-electron chi connectivity index (χ3n) is 3.08. The number of rotatable bonds is 6. The minimum Gasteiger partial charge on any atom is -0.467 e. The first-order valence-corrected chi connectivity index (χ1v) is 9.20. The van der Waals surface area contributed by atoms with Crippen molar-refractivity contribution in [2.75, 3.05) is 5.75 Å². The number of aromatic nitrogens is 2. The number of urea groups is 1. The highest BCUT2D eigenvalue weighted by atomic mass is 79.9. The number of imide groups is 1. The van der Waals surface area contributed by atoms with Gasteiger partial charge in [0.05, 0.1) is 18.6 Å².